The van der Waals surface area contributed by atoms with Crippen molar-refractivity contribution < 1.29 is 19.1 Å². The van der Waals surface area contributed by atoms with Crippen molar-refractivity contribution in [3.05, 3.63) is 62.6 Å². The van der Waals surface area contributed by atoms with Crippen LogP contribution >= 0.6 is 11.3 Å². The number of phenols is 1. The summed E-state index contributed by atoms with van der Waals surface area (Å²) in [5, 5.41) is 13.5. The highest BCUT2D eigenvalue weighted by molar-refractivity contribution is 7.08. The van der Waals surface area contributed by atoms with Gasteiger partial charge in [0.15, 0.2) is 0 Å². The maximum absolute atomic E-state index is 11.8. The number of carbonyl (C=O) groups excluding carboxylic acids is 1. The molecule has 0 fully saturated rings. The van der Waals surface area contributed by atoms with Crippen LogP contribution in [0, 0.1) is 0 Å². The van der Waals surface area contributed by atoms with Gasteiger partial charge < -0.3 is 14.3 Å². The lowest BCUT2D eigenvalue weighted by Crippen LogP contribution is -2.07. The third-order valence-electron chi connectivity index (χ3n) is 2.93. The van der Waals surface area contributed by atoms with Crippen LogP contribution in [0.4, 0.5) is 0 Å². The molecule has 0 aliphatic carbocycles. The largest absolute Gasteiger partial charge is 0.508 e. The summed E-state index contributed by atoms with van der Waals surface area (Å²) in [7, 11) is 0. The molecule has 6 heteroatoms. The van der Waals surface area contributed by atoms with E-state index in [0.717, 1.165) is 0 Å². The molecule has 2 heterocycles. The molecule has 2 aromatic heterocycles. The zero-order valence-electron chi connectivity index (χ0n) is 10.7. The Morgan fingerprint density at radius 1 is 1.29 bits per heavy atom. The van der Waals surface area contributed by atoms with Gasteiger partial charge in [-0.05, 0) is 23.6 Å². The van der Waals surface area contributed by atoms with E-state index in [4.69, 9.17) is 9.15 Å². The molecule has 0 spiro atoms. The molecule has 0 amide bonds. The number of esters is 1. The first kappa shape index (κ1) is 13.4. The van der Waals surface area contributed by atoms with Crippen molar-refractivity contribution in [2.24, 2.45) is 0 Å². The lowest BCUT2D eigenvalue weighted by Gasteiger charge is -2.06. The van der Waals surface area contributed by atoms with E-state index >= 15 is 0 Å². The third kappa shape index (κ3) is 2.80. The normalized spacial score (nSPS) is 10.7. The molecule has 21 heavy (non-hydrogen) atoms. The fourth-order valence-corrected chi connectivity index (χ4v) is 2.57. The van der Waals surface area contributed by atoms with Gasteiger partial charge in [0, 0.05) is 28.5 Å². The topological polar surface area (TPSA) is 76.7 Å². The summed E-state index contributed by atoms with van der Waals surface area (Å²) in [6.07, 6.45) is 0. The fraction of sp³-hybridized carbons (Fsp3) is 0.0667. The number of ether oxygens (including phenoxy) is 1. The van der Waals surface area contributed by atoms with Crippen molar-refractivity contribution in [2.75, 3.05) is 0 Å². The summed E-state index contributed by atoms with van der Waals surface area (Å²) in [4.78, 5) is 23.3. The van der Waals surface area contributed by atoms with Crippen LogP contribution in [0.3, 0.4) is 0 Å². The molecular formula is C15H10O5S. The van der Waals surface area contributed by atoms with Crippen LogP contribution in [0.1, 0.15) is 15.9 Å². The van der Waals surface area contributed by atoms with Crippen molar-refractivity contribution in [2.45, 2.75) is 6.61 Å². The lowest BCUT2D eigenvalue weighted by atomic mass is 10.1. The Balaban J connectivity index is 1.90. The summed E-state index contributed by atoms with van der Waals surface area (Å²) in [6.45, 7) is -0.0401. The van der Waals surface area contributed by atoms with Crippen LogP contribution < -0.4 is 5.63 Å². The number of thiophene rings is 1. The van der Waals surface area contributed by atoms with E-state index in [1.54, 1.807) is 22.9 Å². The molecule has 3 aromatic rings. The van der Waals surface area contributed by atoms with E-state index < -0.39 is 11.6 Å². The summed E-state index contributed by atoms with van der Waals surface area (Å²) in [5.41, 5.74) is 0.702. The molecule has 106 valence electrons. The first-order valence-corrected chi connectivity index (χ1v) is 7.03. The van der Waals surface area contributed by atoms with Crippen molar-refractivity contribution in [3.8, 4) is 5.75 Å². The zero-order chi connectivity index (χ0) is 14.8. The van der Waals surface area contributed by atoms with E-state index in [-0.39, 0.29) is 17.9 Å². The van der Waals surface area contributed by atoms with E-state index in [1.165, 1.54) is 29.5 Å². The van der Waals surface area contributed by atoms with Gasteiger partial charge >= 0.3 is 11.6 Å². The van der Waals surface area contributed by atoms with Crippen LogP contribution in [-0.2, 0) is 11.3 Å². The van der Waals surface area contributed by atoms with Gasteiger partial charge in [-0.25, -0.2) is 9.59 Å². The van der Waals surface area contributed by atoms with Crippen molar-refractivity contribution in [1.82, 2.24) is 0 Å². The van der Waals surface area contributed by atoms with Crippen molar-refractivity contribution in [1.29, 1.82) is 0 Å². The number of benzene rings is 1. The van der Waals surface area contributed by atoms with Gasteiger partial charge in [0.05, 0.1) is 5.56 Å². The summed E-state index contributed by atoms with van der Waals surface area (Å²) >= 11 is 1.40. The third-order valence-corrected chi connectivity index (χ3v) is 3.61. The first-order chi connectivity index (χ1) is 10.1. The molecule has 1 aromatic carbocycles. The molecule has 0 radical (unpaired) electrons. The van der Waals surface area contributed by atoms with Gasteiger partial charge in [0.2, 0.25) is 0 Å². The smallest absolute Gasteiger partial charge is 0.339 e. The molecule has 1 N–H and O–H groups in total. The Morgan fingerprint density at radius 2 is 2.14 bits per heavy atom. The first-order valence-electron chi connectivity index (χ1n) is 6.08. The molecule has 0 bridgehead atoms. The molecular weight excluding hydrogens is 292 g/mol. The van der Waals surface area contributed by atoms with Crippen molar-refractivity contribution in [3.63, 3.8) is 0 Å². The van der Waals surface area contributed by atoms with Crippen LogP contribution in [0.15, 0.2) is 50.3 Å². The maximum atomic E-state index is 11.8. The predicted octanol–water partition coefficient (Wildman–Crippen LogP) is 2.92. The minimum absolute atomic E-state index is 0.00179. The highest BCUT2D eigenvalue weighted by Crippen LogP contribution is 2.22. The van der Waals surface area contributed by atoms with E-state index in [9.17, 15) is 14.7 Å². The fourth-order valence-electron chi connectivity index (χ4n) is 1.95. The number of carbonyl (C=O) groups is 1. The van der Waals surface area contributed by atoms with Gasteiger partial charge in [-0.3, -0.25) is 0 Å². The number of aromatic hydroxyl groups is 1. The standard InChI is InChI=1S/C15H10O5S/c16-11-1-2-12-10(5-14(17)20-13(12)6-11)7-19-15(18)9-3-4-21-8-9/h1-6,8,16H,7H2. The number of fused-ring (bicyclic) bond motifs is 1. The highest BCUT2D eigenvalue weighted by atomic mass is 32.1. The molecule has 0 aliphatic heterocycles. The van der Waals surface area contributed by atoms with Crippen LogP contribution in [0.5, 0.6) is 5.75 Å². The van der Waals surface area contributed by atoms with Gasteiger partial charge in [0.1, 0.15) is 17.9 Å². The molecule has 0 unspecified atom stereocenters. The number of hydrogen-bond donors (Lipinski definition) is 1. The van der Waals surface area contributed by atoms with E-state index in [2.05, 4.69) is 0 Å². The minimum Gasteiger partial charge on any atom is -0.508 e. The average molecular weight is 302 g/mol. The van der Waals surface area contributed by atoms with Gasteiger partial charge in [-0.1, -0.05) is 0 Å². The van der Waals surface area contributed by atoms with Crippen LogP contribution in [0.25, 0.3) is 11.0 Å². The van der Waals surface area contributed by atoms with Gasteiger partial charge in [-0.2, -0.15) is 11.3 Å². The van der Waals surface area contributed by atoms with E-state index in [1.807, 2.05) is 0 Å². The Hall–Kier alpha value is -2.60. The quantitative estimate of drug-likeness (QED) is 0.594. The van der Waals surface area contributed by atoms with Crippen molar-refractivity contribution >= 4 is 28.3 Å². The second-order valence-corrected chi connectivity index (χ2v) is 5.14. The SMILES string of the molecule is O=C(OCc1cc(=O)oc2cc(O)ccc12)c1ccsc1. The Kier molecular flexibility index (Phi) is 3.45. The number of phenolic OH excluding ortho intramolecular Hbond substituents is 1. The van der Waals surface area contributed by atoms with Gasteiger partial charge in [0.25, 0.3) is 0 Å². The van der Waals surface area contributed by atoms with Crippen LogP contribution in [0.2, 0.25) is 0 Å². The molecule has 3 rings (SSSR count). The molecule has 0 saturated carbocycles. The zero-order valence-corrected chi connectivity index (χ0v) is 11.6. The molecule has 0 aliphatic rings. The summed E-state index contributed by atoms with van der Waals surface area (Å²) in [5.74, 6) is -0.450. The minimum atomic E-state index is -0.560. The van der Waals surface area contributed by atoms with Gasteiger partial charge in [-0.15, -0.1) is 0 Å². The molecule has 5 nitrogen and oxygen atoms in total. The Labute approximate surface area is 123 Å². The Morgan fingerprint density at radius 3 is 2.90 bits per heavy atom. The number of hydrogen-bond acceptors (Lipinski definition) is 6. The molecule has 0 atom stereocenters. The second kappa shape index (κ2) is 5.41. The monoisotopic (exact) mass is 302 g/mol. The number of rotatable bonds is 3. The van der Waals surface area contributed by atoms with Crippen LogP contribution in [-0.4, -0.2) is 11.1 Å². The van der Waals surface area contributed by atoms with E-state index in [0.29, 0.717) is 16.5 Å². The Bertz CT molecular complexity index is 848. The highest BCUT2D eigenvalue weighted by Gasteiger charge is 2.11. The summed E-state index contributed by atoms with van der Waals surface area (Å²) in [6, 6.07) is 7.39. The predicted molar refractivity (Wildman–Crippen MR) is 77.6 cm³/mol. The summed E-state index contributed by atoms with van der Waals surface area (Å²) < 4.78 is 10.2. The average Bonchev–Trinajstić information content (AvgIpc) is 2.97. The lowest BCUT2D eigenvalue weighted by molar-refractivity contribution is 0.0474. The second-order valence-electron chi connectivity index (χ2n) is 4.36. The maximum Gasteiger partial charge on any atom is 0.339 e. The molecule has 0 saturated heterocycles.